The van der Waals surface area contributed by atoms with Gasteiger partial charge in [-0.15, -0.1) is 0 Å². The second-order valence-electron chi connectivity index (χ2n) is 5.72. The van der Waals surface area contributed by atoms with Crippen molar-refractivity contribution < 1.29 is 5.11 Å². The lowest BCUT2D eigenvalue weighted by Crippen LogP contribution is -2.34. The van der Waals surface area contributed by atoms with Crippen LogP contribution in [0.4, 0.5) is 0 Å². The number of hydrogen-bond acceptors (Lipinski definition) is 2. The molecule has 1 aromatic carbocycles. The fourth-order valence-corrected chi connectivity index (χ4v) is 2.15. The van der Waals surface area contributed by atoms with E-state index >= 15 is 0 Å². The summed E-state index contributed by atoms with van der Waals surface area (Å²) in [6.07, 6.45) is 0.616. The third-order valence-corrected chi connectivity index (χ3v) is 3.30. The van der Waals surface area contributed by atoms with E-state index in [0.717, 1.165) is 16.7 Å². The highest BCUT2D eigenvalue weighted by Crippen LogP contribution is 2.37. The van der Waals surface area contributed by atoms with E-state index in [2.05, 4.69) is 0 Å². The molecule has 3 N–H and O–H groups in total. The molecule has 0 heterocycles. The SMILES string of the molecule is Cc1c(Cl)cc(C(C)C)c(O)c1CC(C)(C)N. The molecule has 0 radical (unpaired) electrons. The fourth-order valence-electron chi connectivity index (χ4n) is 1.92. The largest absolute Gasteiger partial charge is 0.507 e. The number of aromatic hydroxyl groups is 1. The van der Waals surface area contributed by atoms with Gasteiger partial charge in [-0.05, 0) is 50.3 Å². The van der Waals surface area contributed by atoms with Crippen molar-refractivity contribution in [3.8, 4) is 5.75 Å². The highest BCUT2D eigenvalue weighted by Gasteiger charge is 2.21. The van der Waals surface area contributed by atoms with Crippen LogP contribution in [-0.4, -0.2) is 10.6 Å². The second-order valence-corrected chi connectivity index (χ2v) is 6.13. The van der Waals surface area contributed by atoms with Crippen molar-refractivity contribution in [2.75, 3.05) is 0 Å². The number of nitrogens with two attached hydrogens (primary N) is 1. The summed E-state index contributed by atoms with van der Waals surface area (Å²) in [5.74, 6) is 0.591. The summed E-state index contributed by atoms with van der Waals surface area (Å²) >= 11 is 6.21. The summed E-state index contributed by atoms with van der Waals surface area (Å²) in [5.41, 5.74) is 8.35. The number of hydrogen-bond donors (Lipinski definition) is 2. The Morgan fingerprint density at radius 2 is 1.94 bits per heavy atom. The van der Waals surface area contributed by atoms with E-state index in [0.29, 0.717) is 17.2 Å². The van der Waals surface area contributed by atoms with Gasteiger partial charge in [0, 0.05) is 16.1 Å². The van der Waals surface area contributed by atoms with Gasteiger partial charge >= 0.3 is 0 Å². The Kier molecular flexibility index (Phi) is 4.11. The summed E-state index contributed by atoms with van der Waals surface area (Å²) in [6.45, 7) is 9.90. The quantitative estimate of drug-likeness (QED) is 0.864. The molecule has 17 heavy (non-hydrogen) atoms. The maximum atomic E-state index is 10.3. The van der Waals surface area contributed by atoms with Crippen molar-refractivity contribution in [3.05, 3.63) is 27.8 Å². The zero-order chi connectivity index (χ0) is 13.4. The highest BCUT2D eigenvalue weighted by molar-refractivity contribution is 6.31. The van der Waals surface area contributed by atoms with Crippen LogP contribution in [-0.2, 0) is 6.42 Å². The molecule has 0 atom stereocenters. The van der Waals surface area contributed by atoms with Crippen LogP contribution < -0.4 is 5.73 Å². The third kappa shape index (κ3) is 3.36. The topological polar surface area (TPSA) is 46.2 Å². The Balaban J connectivity index is 3.37. The molecule has 1 rings (SSSR count). The van der Waals surface area contributed by atoms with Gasteiger partial charge in [0.05, 0.1) is 0 Å². The summed E-state index contributed by atoms with van der Waals surface area (Å²) < 4.78 is 0. The predicted molar refractivity (Wildman–Crippen MR) is 73.9 cm³/mol. The first-order valence-electron chi connectivity index (χ1n) is 5.93. The standard InChI is InChI=1S/C14H22ClNO/c1-8(2)10-6-12(15)9(3)11(13(10)17)7-14(4,5)16/h6,8,17H,7,16H2,1-5H3. The Labute approximate surface area is 109 Å². The van der Waals surface area contributed by atoms with Crippen molar-refractivity contribution in [1.82, 2.24) is 0 Å². The maximum absolute atomic E-state index is 10.3. The number of phenolic OH excluding ortho intramolecular Hbond substituents is 1. The van der Waals surface area contributed by atoms with Gasteiger partial charge in [0.15, 0.2) is 0 Å². The molecule has 0 aliphatic rings. The zero-order valence-corrected chi connectivity index (χ0v) is 12.0. The van der Waals surface area contributed by atoms with Crippen molar-refractivity contribution in [2.45, 2.75) is 52.5 Å². The minimum absolute atomic E-state index is 0.243. The third-order valence-electron chi connectivity index (χ3n) is 2.91. The summed E-state index contributed by atoms with van der Waals surface area (Å²) in [7, 11) is 0. The average Bonchev–Trinajstić information content (AvgIpc) is 2.16. The van der Waals surface area contributed by atoms with Crippen LogP contribution in [0.15, 0.2) is 6.07 Å². The van der Waals surface area contributed by atoms with Crippen LogP contribution in [0.5, 0.6) is 5.75 Å². The molecule has 3 heteroatoms. The van der Waals surface area contributed by atoms with E-state index in [-0.39, 0.29) is 11.5 Å². The fraction of sp³-hybridized carbons (Fsp3) is 0.571. The van der Waals surface area contributed by atoms with Gasteiger partial charge < -0.3 is 10.8 Å². The van der Waals surface area contributed by atoms with Crippen LogP contribution in [0.1, 0.15) is 50.3 Å². The summed E-state index contributed by atoms with van der Waals surface area (Å²) in [5, 5.41) is 11.0. The van der Waals surface area contributed by atoms with Crippen molar-refractivity contribution >= 4 is 11.6 Å². The number of benzene rings is 1. The monoisotopic (exact) mass is 255 g/mol. The van der Waals surface area contributed by atoms with E-state index in [1.807, 2.05) is 40.7 Å². The molecule has 0 fully saturated rings. The van der Waals surface area contributed by atoms with Crippen LogP contribution in [0.3, 0.4) is 0 Å². The molecule has 0 amide bonds. The van der Waals surface area contributed by atoms with Gasteiger partial charge in [-0.25, -0.2) is 0 Å². The smallest absolute Gasteiger partial charge is 0.122 e. The minimum atomic E-state index is -0.360. The molecule has 0 aromatic heterocycles. The van der Waals surface area contributed by atoms with Crippen LogP contribution in [0, 0.1) is 6.92 Å². The predicted octanol–water partition coefficient (Wildman–Crippen LogP) is 3.76. The first-order valence-corrected chi connectivity index (χ1v) is 6.31. The molecule has 0 bridgehead atoms. The lowest BCUT2D eigenvalue weighted by molar-refractivity contribution is 0.440. The van der Waals surface area contributed by atoms with Crippen molar-refractivity contribution in [1.29, 1.82) is 0 Å². The van der Waals surface area contributed by atoms with Gasteiger partial charge in [-0.3, -0.25) is 0 Å². The van der Waals surface area contributed by atoms with Crippen molar-refractivity contribution in [2.24, 2.45) is 5.73 Å². The Bertz CT molecular complexity index is 419. The Morgan fingerprint density at radius 1 is 1.41 bits per heavy atom. The zero-order valence-electron chi connectivity index (χ0n) is 11.3. The minimum Gasteiger partial charge on any atom is -0.507 e. The molecule has 0 saturated carbocycles. The molecule has 0 spiro atoms. The molecule has 0 saturated heterocycles. The number of rotatable bonds is 3. The van der Waals surface area contributed by atoms with Crippen molar-refractivity contribution in [3.63, 3.8) is 0 Å². The highest BCUT2D eigenvalue weighted by atomic mass is 35.5. The molecule has 2 nitrogen and oxygen atoms in total. The average molecular weight is 256 g/mol. The van der Waals surface area contributed by atoms with Crippen LogP contribution >= 0.6 is 11.6 Å². The van der Waals surface area contributed by atoms with Gasteiger partial charge in [0.1, 0.15) is 5.75 Å². The summed E-state index contributed by atoms with van der Waals surface area (Å²) in [6, 6.07) is 1.85. The van der Waals surface area contributed by atoms with Gasteiger partial charge in [0.25, 0.3) is 0 Å². The van der Waals surface area contributed by atoms with E-state index in [9.17, 15) is 5.11 Å². The van der Waals surface area contributed by atoms with Gasteiger partial charge in [-0.1, -0.05) is 25.4 Å². The molecule has 96 valence electrons. The van der Waals surface area contributed by atoms with E-state index < -0.39 is 0 Å². The van der Waals surface area contributed by atoms with E-state index in [1.165, 1.54) is 0 Å². The van der Waals surface area contributed by atoms with E-state index in [4.69, 9.17) is 17.3 Å². The number of phenols is 1. The Hall–Kier alpha value is -0.730. The van der Waals surface area contributed by atoms with Crippen LogP contribution in [0.2, 0.25) is 5.02 Å². The van der Waals surface area contributed by atoms with Gasteiger partial charge in [0.2, 0.25) is 0 Å². The first-order chi connectivity index (χ1) is 7.63. The molecular formula is C14H22ClNO. The lowest BCUT2D eigenvalue weighted by atomic mass is 9.89. The molecule has 1 aromatic rings. The maximum Gasteiger partial charge on any atom is 0.122 e. The lowest BCUT2D eigenvalue weighted by Gasteiger charge is -2.23. The van der Waals surface area contributed by atoms with Gasteiger partial charge in [-0.2, -0.15) is 0 Å². The molecule has 0 unspecified atom stereocenters. The Morgan fingerprint density at radius 3 is 2.35 bits per heavy atom. The molecular weight excluding hydrogens is 234 g/mol. The first kappa shape index (κ1) is 14.3. The normalized spacial score (nSPS) is 12.2. The molecule has 0 aliphatic carbocycles. The second kappa shape index (κ2) is 4.87. The number of halogens is 1. The van der Waals surface area contributed by atoms with E-state index in [1.54, 1.807) is 0 Å². The molecule has 0 aliphatic heterocycles. The summed E-state index contributed by atoms with van der Waals surface area (Å²) in [4.78, 5) is 0. The van der Waals surface area contributed by atoms with Crippen LogP contribution in [0.25, 0.3) is 0 Å².